The number of ketones is 1. The molecular formula is C17H24O7. The molecule has 0 saturated carbocycles. The number of phenolic OH excluding ortho intramolecular Hbond substituents is 2. The Hall–Kier alpha value is -2.12. The number of carbonyl (C=O) groups excluding carboxylic acids is 2. The Kier molecular flexibility index (Phi) is 6.34. The average Bonchev–Trinajstić information content (AvgIpc) is 2.41. The first-order chi connectivity index (χ1) is 11.0. The summed E-state index contributed by atoms with van der Waals surface area (Å²) in [6.45, 7) is 5.36. The SMILES string of the molecule is COCC(c1ccc(O)c(C(C)=O)c1O)C(OC(C)=O)C(C)(C)O. The Morgan fingerprint density at radius 1 is 1.21 bits per heavy atom. The van der Waals surface area contributed by atoms with Crippen LogP contribution in [-0.2, 0) is 14.3 Å². The zero-order valence-electron chi connectivity index (χ0n) is 14.5. The second-order valence-electron chi connectivity index (χ2n) is 6.20. The van der Waals surface area contributed by atoms with Crippen LogP contribution in [0.15, 0.2) is 12.1 Å². The van der Waals surface area contributed by atoms with Gasteiger partial charge in [-0.05, 0) is 26.8 Å². The number of methoxy groups -OCH3 is 1. The van der Waals surface area contributed by atoms with Crippen molar-refractivity contribution in [3.63, 3.8) is 0 Å². The van der Waals surface area contributed by atoms with Gasteiger partial charge >= 0.3 is 5.97 Å². The number of ether oxygens (including phenoxy) is 2. The van der Waals surface area contributed by atoms with Gasteiger partial charge in [-0.15, -0.1) is 0 Å². The molecule has 24 heavy (non-hydrogen) atoms. The van der Waals surface area contributed by atoms with Gasteiger partial charge in [0.15, 0.2) is 5.78 Å². The molecule has 0 fully saturated rings. The fourth-order valence-electron chi connectivity index (χ4n) is 2.66. The number of aromatic hydroxyl groups is 2. The van der Waals surface area contributed by atoms with E-state index in [0.717, 1.165) is 0 Å². The fourth-order valence-corrected chi connectivity index (χ4v) is 2.66. The molecule has 0 bridgehead atoms. The first kappa shape index (κ1) is 19.9. The Bertz CT molecular complexity index is 616. The van der Waals surface area contributed by atoms with Crippen LogP contribution >= 0.6 is 0 Å². The van der Waals surface area contributed by atoms with Crippen molar-refractivity contribution in [1.82, 2.24) is 0 Å². The van der Waals surface area contributed by atoms with Gasteiger partial charge in [0.1, 0.15) is 23.2 Å². The molecule has 7 heteroatoms. The quantitative estimate of drug-likeness (QED) is 0.512. The third-order valence-electron chi connectivity index (χ3n) is 3.64. The summed E-state index contributed by atoms with van der Waals surface area (Å²) in [6, 6.07) is 2.67. The third kappa shape index (κ3) is 4.46. The topological polar surface area (TPSA) is 113 Å². The van der Waals surface area contributed by atoms with Crippen molar-refractivity contribution in [1.29, 1.82) is 0 Å². The van der Waals surface area contributed by atoms with Gasteiger partial charge in [-0.1, -0.05) is 6.07 Å². The standard InChI is InChI=1S/C17H24O7/c1-9(18)14-13(20)7-6-11(15(14)21)12(8-23-5)16(17(3,4)22)24-10(2)19/h6-7,12,16,20-22H,8H2,1-5H3. The number of hydrogen-bond acceptors (Lipinski definition) is 7. The highest BCUT2D eigenvalue weighted by Crippen LogP contribution is 2.39. The predicted molar refractivity (Wildman–Crippen MR) is 86.2 cm³/mol. The van der Waals surface area contributed by atoms with E-state index in [4.69, 9.17) is 9.47 Å². The molecule has 7 nitrogen and oxygen atoms in total. The molecule has 0 aliphatic rings. The predicted octanol–water partition coefficient (Wildman–Crippen LogP) is 1.73. The van der Waals surface area contributed by atoms with Crippen LogP contribution in [0.3, 0.4) is 0 Å². The molecule has 0 amide bonds. The van der Waals surface area contributed by atoms with Crippen molar-refractivity contribution in [3.8, 4) is 11.5 Å². The zero-order valence-corrected chi connectivity index (χ0v) is 14.5. The lowest BCUT2D eigenvalue weighted by molar-refractivity contribution is -0.163. The number of esters is 1. The van der Waals surface area contributed by atoms with Gasteiger partial charge in [-0.3, -0.25) is 9.59 Å². The van der Waals surface area contributed by atoms with Gasteiger partial charge in [-0.2, -0.15) is 0 Å². The number of aliphatic hydroxyl groups is 1. The van der Waals surface area contributed by atoms with Crippen LogP contribution in [-0.4, -0.2) is 52.5 Å². The van der Waals surface area contributed by atoms with Crippen molar-refractivity contribution in [3.05, 3.63) is 23.3 Å². The summed E-state index contributed by atoms with van der Waals surface area (Å²) in [6.07, 6.45) is -1.04. The molecular weight excluding hydrogens is 316 g/mol. The Balaban J connectivity index is 3.51. The summed E-state index contributed by atoms with van der Waals surface area (Å²) >= 11 is 0. The summed E-state index contributed by atoms with van der Waals surface area (Å²) in [4.78, 5) is 23.1. The van der Waals surface area contributed by atoms with Crippen LogP contribution in [0.25, 0.3) is 0 Å². The van der Waals surface area contributed by atoms with Crippen molar-refractivity contribution < 1.29 is 34.4 Å². The minimum Gasteiger partial charge on any atom is -0.507 e. The van der Waals surface area contributed by atoms with Crippen molar-refractivity contribution in [2.45, 2.75) is 45.3 Å². The van der Waals surface area contributed by atoms with E-state index >= 15 is 0 Å². The fraction of sp³-hybridized carbons (Fsp3) is 0.529. The van der Waals surface area contributed by atoms with E-state index in [1.165, 1.54) is 46.9 Å². The summed E-state index contributed by atoms with van der Waals surface area (Å²) in [7, 11) is 1.42. The van der Waals surface area contributed by atoms with Crippen LogP contribution in [0, 0.1) is 0 Å². The molecule has 0 saturated heterocycles. The lowest BCUT2D eigenvalue weighted by atomic mass is 9.83. The number of phenols is 2. The molecule has 3 N–H and O–H groups in total. The summed E-state index contributed by atoms with van der Waals surface area (Å²) in [5.74, 6) is -2.65. The van der Waals surface area contributed by atoms with E-state index < -0.39 is 35.1 Å². The smallest absolute Gasteiger partial charge is 0.303 e. The molecule has 0 heterocycles. The molecule has 0 radical (unpaired) electrons. The normalized spacial score (nSPS) is 14.1. The number of carbonyl (C=O) groups is 2. The molecule has 0 spiro atoms. The maximum absolute atomic E-state index is 11.7. The van der Waals surface area contributed by atoms with Gasteiger partial charge in [0.25, 0.3) is 0 Å². The lowest BCUT2D eigenvalue weighted by Crippen LogP contribution is -2.45. The average molecular weight is 340 g/mol. The third-order valence-corrected chi connectivity index (χ3v) is 3.64. The molecule has 0 aliphatic carbocycles. The summed E-state index contributed by atoms with van der Waals surface area (Å²) < 4.78 is 10.4. The molecule has 2 atom stereocenters. The first-order valence-corrected chi connectivity index (χ1v) is 7.45. The van der Waals surface area contributed by atoms with Gasteiger partial charge in [0.2, 0.25) is 0 Å². The molecule has 134 valence electrons. The molecule has 1 aromatic rings. The highest BCUT2D eigenvalue weighted by molar-refractivity contribution is 5.99. The lowest BCUT2D eigenvalue weighted by Gasteiger charge is -2.35. The number of hydrogen-bond donors (Lipinski definition) is 3. The molecule has 1 rings (SSSR count). The Morgan fingerprint density at radius 2 is 1.79 bits per heavy atom. The summed E-state index contributed by atoms with van der Waals surface area (Å²) in [5, 5.41) is 30.6. The van der Waals surface area contributed by atoms with Gasteiger partial charge in [-0.25, -0.2) is 0 Å². The second-order valence-corrected chi connectivity index (χ2v) is 6.20. The van der Waals surface area contributed by atoms with Crippen LogP contribution in [0.1, 0.15) is 49.5 Å². The zero-order chi connectivity index (χ0) is 18.7. The first-order valence-electron chi connectivity index (χ1n) is 7.45. The van der Waals surface area contributed by atoms with E-state index in [0.29, 0.717) is 0 Å². The summed E-state index contributed by atoms with van der Waals surface area (Å²) in [5.41, 5.74) is -1.44. The van der Waals surface area contributed by atoms with E-state index in [2.05, 4.69) is 0 Å². The van der Waals surface area contributed by atoms with Crippen LogP contribution in [0.4, 0.5) is 0 Å². The van der Waals surface area contributed by atoms with E-state index in [1.807, 2.05) is 0 Å². The van der Waals surface area contributed by atoms with Gasteiger partial charge in [0, 0.05) is 19.6 Å². The minimum atomic E-state index is -1.43. The highest BCUT2D eigenvalue weighted by atomic mass is 16.6. The monoisotopic (exact) mass is 340 g/mol. The number of Topliss-reactive ketones (excluding diaryl/α,β-unsaturated/α-hetero) is 1. The number of benzene rings is 1. The van der Waals surface area contributed by atoms with Gasteiger partial charge < -0.3 is 24.8 Å². The highest BCUT2D eigenvalue weighted by Gasteiger charge is 2.39. The Labute approximate surface area is 140 Å². The van der Waals surface area contributed by atoms with Crippen molar-refractivity contribution in [2.75, 3.05) is 13.7 Å². The van der Waals surface area contributed by atoms with Gasteiger partial charge in [0.05, 0.1) is 18.1 Å². The van der Waals surface area contributed by atoms with Crippen LogP contribution in [0.2, 0.25) is 0 Å². The van der Waals surface area contributed by atoms with Crippen molar-refractivity contribution >= 4 is 11.8 Å². The number of rotatable bonds is 7. The van der Waals surface area contributed by atoms with Crippen LogP contribution < -0.4 is 0 Å². The second kappa shape index (κ2) is 7.63. The Morgan fingerprint density at radius 3 is 2.21 bits per heavy atom. The molecule has 2 unspecified atom stereocenters. The van der Waals surface area contributed by atoms with E-state index in [-0.39, 0.29) is 23.5 Å². The maximum atomic E-state index is 11.7. The van der Waals surface area contributed by atoms with E-state index in [9.17, 15) is 24.9 Å². The van der Waals surface area contributed by atoms with Crippen molar-refractivity contribution in [2.24, 2.45) is 0 Å². The molecule has 0 aromatic heterocycles. The maximum Gasteiger partial charge on any atom is 0.303 e. The van der Waals surface area contributed by atoms with Crippen LogP contribution in [0.5, 0.6) is 11.5 Å². The molecule has 0 aliphatic heterocycles. The largest absolute Gasteiger partial charge is 0.507 e. The minimum absolute atomic E-state index is 0.0115. The van der Waals surface area contributed by atoms with E-state index in [1.54, 1.807) is 0 Å². The molecule has 1 aromatic carbocycles.